The Labute approximate surface area is 212 Å². The average molecular weight is 526 g/mol. The van der Waals surface area contributed by atoms with Crippen molar-refractivity contribution < 1.29 is 13.8 Å². The van der Waals surface area contributed by atoms with Gasteiger partial charge in [-0.25, -0.2) is 0 Å². The van der Waals surface area contributed by atoms with E-state index in [1.807, 2.05) is 6.08 Å². The summed E-state index contributed by atoms with van der Waals surface area (Å²) in [6.45, 7) is 4.17. The van der Waals surface area contributed by atoms with Gasteiger partial charge in [-0.05, 0) is 67.4 Å². The molecule has 4 unspecified atom stereocenters. The minimum atomic E-state index is -1.42. The Kier molecular flexibility index (Phi) is 5.80. The molecule has 3 fully saturated rings. The van der Waals surface area contributed by atoms with E-state index in [1.165, 1.54) is 0 Å². The molecular formula is C26H27Cl3O3S. The standard InChI is InChI=1S/C26H27Cl3O3S/c1-24-9-7-18(30)11-16(24)4-6-19-20-8-10-26(29,25(20,2)13-22(31)23(19)24)33(32)14-15-3-5-17(27)12-21(15)28/h3,5,7,9,11-12,19-20,23H,4,6,8,10,13-14H2,1-2H3/t19?,20?,23?,24-,25-,26-,33?/m0/s1. The second-order valence-corrected chi connectivity index (χ2v) is 13.9. The highest BCUT2D eigenvalue weighted by molar-refractivity contribution is 7.87. The maximum absolute atomic E-state index is 13.7. The summed E-state index contributed by atoms with van der Waals surface area (Å²) in [6, 6.07) is 5.19. The number of carbonyl (C=O) groups excluding carboxylic acids is 2. The molecule has 7 atom stereocenters. The molecule has 3 saturated carbocycles. The molecule has 4 aliphatic rings. The maximum atomic E-state index is 13.7. The van der Waals surface area contributed by atoms with Crippen LogP contribution in [0.1, 0.15) is 51.5 Å². The summed E-state index contributed by atoms with van der Waals surface area (Å²) in [5.74, 6) is 0.655. The number of alkyl halides is 1. The van der Waals surface area contributed by atoms with Crippen molar-refractivity contribution in [1.29, 1.82) is 0 Å². The number of allylic oxidation sites excluding steroid dienone is 4. The summed E-state index contributed by atoms with van der Waals surface area (Å²) in [6.07, 6.45) is 8.73. The molecule has 1 aromatic carbocycles. The van der Waals surface area contributed by atoms with Gasteiger partial charge in [0.1, 0.15) is 9.99 Å². The van der Waals surface area contributed by atoms with Crippen LogP contribution in [0.3, 0.4) is 0 Å². The summed E-state index contributed by atoms with van der Waals surface area (Å²) in [5.41, 5.74) is 0.859. The van der Waals surface area contributed by atoms with Gasteiger partial charge < -0.3 is 0 Å². The minimum absolute atomic E-state index is 0.00548. The van der Waals surface area contributed by atoms with Gasteiger partial charge in [-0.15, -0.1) is 11.6 Å². The fourth-order valence-electron chi connectivity index (χ4n) is 7.23. The van der Waals surface area contributed by atoms with Crippen LogP contribution in [0.25, 0.3) is 0 Å². The van der Waals surface area contributed by atoms with Crippen molar-refractivity contribution in [1.82, 2.24) is 0 Å². The molecule has 1 aromatic rings. The van der Waals surface area contributed by atoms with Gasteiger partial charge in [0.2, 0.25) is 0 Å². The second-order valence-electron chi connectivity index (χ2n) is 10.5. The lowest BCUT2D eigenvalue weighted by Gasteiger charge is -2.56. The molecular weight excluding hydrogens is 499 g/mol. The third-order valence-corrected chi connectivity index (χ3v) is 12.6. The van der Waals surface area contributed by atoms with Gasteiger partial charge in [-0.1, -0.05) is 54.8 Å². The monoisotopic (exact) mass is 524 g/mol. The third kappa shape index (κ3) is 3.46. The first-order valence-electron chi connectivity index (χ1n) is 11.5. The fourth-order valence-corrected chi connectivity index (χ4v) is 10.1. The van der Waals surface area contributed by atoms with E-state index in [9.17, 15) is 13.8 Å². The quantitative estimate of drug-likeness (QED) is 0.414. The Bertz CT molecular complexity index is 1140. The largest absolute Gasteiger partial charge is 0.299 e. The van der Waals surface area contributed by atoms with Gasteiger partial charge >= 0.3 is 0 Å². The van der Waals surface area contributed by atoms with Crippen molar-refractivity contribution in [3.63, 3.8) is 0 Å². The lowest BCUT2D eigenvalue weighted by molar-refractivity contribution is -0.141. The van der Waals surface area contributed by atoms with E-state index in [0.29, 0.717) is 22.9 Å². The number of benzene rings is 1. The van der Waals surface area contributed by atoms with E-state index in [2.05, 4.69) is 13.8 Å². The molecule has 0 saturated heterocycles. The predicted molar refractivity (Wildman–Crippen MR) is 134 cm³/mol. The van der Waals surface area contributed by atoms with Crippen LogP contribution in [-0.4, -0.2) is 20.0 Å². The van der Waals surface area contributed by atoms with Crippen molar-refractivity contribution in [2.45, 2.75) is 55.9 Å². The molecule has 0 aromatic heterocycles. The molecule has 5 rings (SSSR count). The molecule has 0 bridgehead atoms. The third-order valence-electron chi connectivity index (χ3n) is 8.94. The average Bonchev–Trinajstić information content (AvgIpc) is 3.02. The van der Waals surface area contributed by atoms with Crippen LogP contribution in [0.2, 0.25) is 10.0 Å². The number of rotatable bonds is 3. The van der Waals surface area contributed by atoms with Crippen molar-refractivity contribution in [2.75, 3.05) is 0 Å². The summed E-state index contributed by atoms with van der Waals surface area (Å²) in [5, 5.41) is 1.01. The molecule has 0 N–H and O–H groups in total. The van der Waals surface area contributed by atoms with Gasteiger partial charge in [0.05, 0.1) is 5.75 Å². The second kappa shape index (κ2) is 8.05. The smallest absolute Gasteiger partial charge is 0.178 e. The topological polar surface area (TPSA) is 51.2 Å². The number of carbonyl (C=O) groups is 2. The minimum Gasteiger partial charge on any atom is -0.299 e. The van der Waals surface area contributed by atoms with E-state index >= 15 is 0 Å². The number of hydrogen-bond acceptors (Lipinski definition) is 3. The molecule has 0 radical (unpaired) electrons. The number of hydrogen-bond donors (Lipinski definition) is 0. The van der Waals surface area contributed by atoms with E-state index < -0.39 is 25.8 Å². The fraction of sp³-hybridized carbons (Fsp3) is 0.538. The SMILES string of the molecule is C[C@]12C=CC(=O)C=C1CCC1C2C(=O)C[C@@]2(C)C1CC[C@]2(Cl)S(=O)Cc1ccc(Cl)cc1Cl. The van der Waals surface area contributed by atoms with Crippen LogP contribution in [0.15, 0.2) is 42.0 Å². The van der Waals surface area contributed by atoms with Crippen molar-refractivity contribution >= 4 is 57.2 Å². The lowest BCUT2D eigenvalue weighted by Crippen LogP contribution is -2.57. The highest BCUT2D eigenvalue weighted by Crippen LogP contribution is 2.68. The first-order valence-corrected chi connectivity index (χ1v) is 13.9. The summed E-state index contributed by atoms with van der Waals surface area (Å²) >= 11 is 19.6. The molecule has 0 amide bonds. The van der Waals surface area contributed by atoms with Gasteiger partial charge in [0, 0.05) is 44.0 Å². The zero-order valence-electron chi connectivity index (χ0n) is 18.7. The number of Topliss-reactive ketones (excluding diaryl/α,β-unsaturated/α-hetero) is 1. The predicted octanol–water partition coefficient (Wildman–Crippen LogP) is 6.66. The molecule has 0 aliphatic heterocycles. The molecule has 176 valence electrons. The lowest BCUT2D eigenvalue weighted by atomic mass is 9.48. The van der Waals surface area contributed by atoms with Crippen LogP contribution in [0.5, 0.6) is 0 Å². The van der Waals surface area contributed by atoms with Gasteiger partial charge in [0.25, 0.3) is 0 Å². The highest BCUT2D eigenvalue weighted by Gasteiger charge is 2.67. The van der Waals surface area contributed by atoms with Crippen molar-refractivity contribution in [3.05, 3.63) is 57.6 Å². The van der Waals surface area contributed by atoms with E-state index in [4.69, 9.17) is 34.8 Å². The Hall–Kier alpha value is -0.940. The molecule has 7 heteroatoms. The zero-order chi connectivity index (χ0) is 23.8. The summed E-state index contributed by atoms with van der Waals surface area (Å²) in [7, 11) is -1.42. The Morgan fingerprint density at radius 3 is 2.64 bits per heavy atom. The van der Waals surface area contributed by atoms with E-state index in [1.54, 1.807) is 30.4 Å². The Morgan fingerprint density at radius 2 is 1.91 bits per heavy atom. The zero-order valence-corrected chi connectivity index (χ0v) is 21.8. The van der Waals surface area contributed by atoms with Crippen LogP contribution >= 0.6 is 34.8 Å². The van der Waals surface area contributed by atoms with Gasteiger partial charge in [-0.3, -0.25) is 13.8 Å². The van der Waals surface area contributed by atoms with E-state index in [-0.39, 0.29) is 35.1 Å². The van der Waals surface area contributed by atoms with Crippen LogP contribution in [-0.2, 0) is 26.1 Å². The number of fused-ring (bicyclic) bond motifs is 5. The van der Waals surface area contributed by atoms with Crippen molar-refractivity contribution in [3.8, 4) is 0 Å². The van der Waals surface area contributed by atoms with Gasteiger partial charge in [0.15, 0.2) is 5.78 Å². The van der Waals surface area contributed by atoms with Crippen molar-refractivity contribution in [2.24, 2.45) is 28.6 Å². The highest BCUT2D eigenvalue weighted by atomic mass is 35.5. The maximum Gasteiger partial charge on any atom is 0.178 e. The Balaban J connectivity index is 1.47. The van der Waals surface area contributed by atoms with Crippen LogP contribution in [0, 0.1) is 28.6 Å². The summed E-state index contributed by atoms with van der Waals surface area (Å²) < 4.78 is 12.8. The number of halogens is 3. The molecule has 0 spiro atoms. The van der Waals surface area contributed by atoms with E-state index in [0.717, 1.165) is 30.4 Å². The molecule has 3 nitrogen and oxygen atoms in total. The normalized spacial score (nSPS) is 40.6. The first-order chi connectivity index (χ1) is 15.5. The molecule has 4 aliphatic carbocycles. The van der Waals surface area contributed by atoms with Crippen LogP contribution in [0.4, 0.5) is 0 Å². The Morgan fingerprint density at radius 1 is 1.15 bits per heavy atom. The molecule has 33 heavy (non-hydrogen) atoms. The summed E-state index contributed by atoms with van der Waals surface area (Å²) in [4.78, 5) is 25.7. The van der Waals surface area contributed by atoms with Crippen LogP contribution < -0.4 is 0 Å². The van der Waals surface area contributed by atoms with Gasteiger partial charge in [-0.2, -0.15) is 0 Å². The number of ketones is 2. The molecule has 0 heterocycles. The first kappa shape index (κ1) is 23.8.